The lowest BCUT2D eigenvalue weighted by Crippen LogP contribution is -2.11. The molecule has 0 aromatic heterocycles. The lowest BCUT2D eigenvalue weighted by atomic mass is 10.1. The van der Waals surface area contributed by atoms with Crippen LogP contribution in [0.25, 0.3) is 0 Å². The van der Waals surface area contributed by atoms with Crippen LogP contribution in [0, 0.1) is 13.8 Å². The molecule has 0 aliphatic heterocycles. The molecule has 0 bridgehead atoms. The van der Waals surface area contributed by atoms with Gasteiger partial charge in [-0.2, -0.15) is 0 Å². The highest BCUT2D eigenvalue weighted by Crippen LogP contribution is 2.27. The van der Waals surface area contributed by atoms with Crippen molar-refractivity contribution in [2.24, 2.45) is 0 Å². The zero-order chi connectivity index (χ0) is 15.9. The van der Waals surface area contributed by atoms with Crippen molar-refractivity contribution >= 4 is 6.29 Å². The Labute approximate surface area is 130 Å². The minimum atomic E-state index is 0.368. The smallest absolute Gasteiger partial charge is 0.162 e. The summed E-state index contributed by atoms with van der Waals surface area (Å²) in [5.74, 6) is 2.02. The molecule has 0 heterocycles. The van der Waals surface area contributed by atoms with E-state index in [4.69, 9.17) is 14.2 Å². The summed E-state index contributed by atoms with van der Waals surface area (Å²) >= 11 is 0. The van der Waals surface area contributed by atoms with Gasteiger partial charge in [0.2, 0.25) is 0 Å². The lowest BCUT2D eigenvalue weighted by molar-refractivity contribution is 0.112. The second kappa shape index (κ2) is 7.50. The molecule has 0 atom stereocenters. The van der Waals surface area contributed by atoms with Gasteiger partial charge in [0.1, 0.15) is 25.2 Å². The largest absolute Gasteiger partial charge is 0.493 e. The molecule has 0 amide bonds. The first-order valence-corrected chi connectivity index (χ1v) is 7.10. The van der Waals surface area contributed by atoms with Crippen molar-refractivity contribution < 1.29 is 19.0 Å². The van der Waals surface area contributed by atoms with Crippen molar-refractivity contribution in [2.45, 2.75) is 13.8 Å². The van der Waals surface area contributed by atoms with Gasteiger partial charge in [-0.3, -0.25) is 4.79 Å². The molecule has 2 aromatic rings. The van der Waals surface area contributed by atoms with Crippen molar-refractivity contribution in [3.63, 3.8) is 0 Å². The fourth-order valence-corrected chi connectivity index (χ4v) is 2.20. The SMILES string of the molecule is COc1ccc(C=O)cc1OCCOc1c(C)cccc1C. The number of carbonyl (C=O) groups excluding carboxylic acids is 1. The molecule has 0 aliphatic carbocycles. The number of para-hydroxylation sites is 1. The molecule has 22 heavy (non-hydrogen) atoms. The standard InChI is InChI=1S/C18H20O4/c1-13-5-4-6-14(2)18(13)22-10-9-21-17-11-15(12-19)7-8-16(17)20-3/h4-8,11-12H,9-10H2,1-3H3. The van der Waals surface area contributed by atoms with E-state index in [9.17, 15) is 4.79 Å². The van der Waals surface area contributed by atoms with Gasteiger partial charge in [0.25, 0.3) is 0 Å². The first-order valence-electron chi connectivity index (χ1n) is 7.10. The second-order valence-electron chi connectivity index (χ2n) is 4.95. The summed E-state index contributed by atoms with van der Waals surface area (Å²) in [6, 6.07) is 11.1. The Morgan fingerprint density at radius 1 is 0.955 bits per heavy atom. The highest BCUT2D eigenvalue weighted by molar-refractivity contribution is 5.76. The van der Waals surface area contributed by atoms with Crippen LogP contribution in [0.4, 0.5) is 0 Å². The quantitative estimate of drug-likeness (QED) is 0.579. The van der Waals surface area contributed by atoms with Crippen LogP contribution in [0.2, 0.25) is 0 Å². The third-order valence-corrected chi connectivity index (χ3v) is 3.32. The Balaban J connectivity index is 1.95. The molecular formula is C18H20O4. The first-order chi connectivity index (χ1) is 10.7. The van der Waals surface area contributed by atoms with Gasteiger partial charge in [-0.1, -0.05) is 18.2 Å². The summed E-state index contributed by atoms with van der Waals surface area (Å²) in [5, 5.41) is 0. The Hall–Kier alpha value is -2.49. The monoisotopic (exact) mass is 300 g/mol. The minimum absolute atomic E-state index is 0.368. The van der Waals surface area contributed by atoms with Gasteiger partial charge < -0.3 is 14.2 Å². The van der Waals surface area contributed by atoms with Crippen molar-refractivity contribution in [2.75, 3.05) is 20.3 Å². The van der Waals surface area contributed by atoms with E-state index in [1.807, 2.05) is 32.0 Å². The highest BCUT2D eigenvalue weighted by atomic mass is 16.5. The Morgan fingerprint density at radius 2 is 1.64 bits per heavy atom. The molecule has 0 spiro atoms. The average molecular weight is 300 g/mol. The summed E-state index contributed by atoms with van der Waals surface area (Å²) < 4.78 is 16.7. The van der Waals surface area contributed by atoms with Gasteiger partial charge in [0, 0.05) is 5.56 Å². The van der Waals surface area contributed by atoms with Crippen LogP contribution in [0.15, 0.2) is 36.4 Å². The molecule has 2 aromatic carbocycles. The van der Waals surface area contributed by atoms with E-state index in [0.717, 1.165) is 23.2 Å². The van der Waals surface area contributed by atoms with Crippen LogP contribution in [0.3, 0.4) is 0 Å². The normalized spacial score (nSPS) is 10.1. The van der Waals surface area contributed by atoms with Gasteiger partial charge in [0.15, 0.2) is 11.5 Å². The second-order valence-corrected chi connectivity index (χ2v) is 4.95. The van der Waals surface area contributed by atoms with E-state index in [0.29, 0.717) is 30.3 Å². The van der Waals surface area contributed by atoms with Gasteiger partial charge in [-0.15, -0.1) is 0 Å². The fourth-order valence-electron chi connectivity index (χ4n) is 2.20. The van der Waals surface area contributed by atoms with Crippen LogP contribution in [0.5, 0.6) is 17.2 Å². The number of ether oxygens (including phenoxy) is 3. The van der Waals surface area contributed by atoms with Crippen LogP contribution < -0.4 is 14.2 Å². The highest BCUT2D eigenvalue weighted by Gasteiger charge is 2.07. The Bertz CT molecular complexity index is 629. The summed E-state index contributed by atoms with van der Waals surface area (Å²) in [7, 11) is 1.57. The number of aldehydes is 1. The third kappa shape index (κ3) is 3.79. The zero-order valence-electron chi connectivity index (χ0n) is 13.1. The van der Waals surface area contributed by atoms with Gasteiger partial charge in [-0.25, -0.2) is 0 Å². The molecule has 0 N–H and O–H groups in total. The topological polar surface area (TPSA) is 44.8 Å². The van der Waals surface area contributed by atoms with Crippen LogP contribution in [-0.4, -0.2) is 26.6 Å². The van der Waals surface area contributed by atoms with Gasteiger partial charge in [0.05, 0.1) is 7.11 Å². The third-order valence-electron chi connectivity index (χ3n) is 3.32. The van der Waals surface area contributed by atoms with Crippen LogP contribution in [0.1, 0.15) is 21.5 Å². The molecule has 0 aliphatic rings. The summed E-state index contributed by atoms with van der Waals surface area (Å²) in [4.78, 5) is 10.8. The van der Waals surface area contributed by atoms with E-state index in [2.05, 4.69) is 0 Å². The first kappa shape index (κ1) is 15.9. The Kier molecular flexibility index (Phi) is 5.42. The van der Waals surface area contributed by atoms with Crippen molar-refractivity contribution in [1.82, 2.24) is 0 Å². The predicted octanol–water partition coefficient (Wildman–Crippen LogP) is 3.58. The number of rotatable bonds is 7. The molecule has 4 heteroatoms. The van der Waals surface area contributed by atoms with Gasteiger partial charge >= 0.3 is 0 Å². The average Bonchev–Trinajstić information content (AvgIpc) is 2.53. The van der Waals surface area contributed by atoms with E-state index in [1.54, 1.807) is 25.3 Å². The number of hydrogen-bond donors (Lipinski definition) is 0. The van der Waals surface area contributed by atoms with Gasteiger partial charge in [-0.05, 0) is 43.2 Å². The molecule has 0 unspecified atom stereocenters. The van der Waals surface area contributed by atoms with Crippen molar-refractivity contribution in [1.29, 1.82) is 0 Å². The number of carbonyl (C=O) groups is 1. The molecule has 0 saturated carbocycles. The molecule has 0 fully saturated rings. The van der Waals surface area contributed by atoms with Crippen molar-refractivity contribution in [3.8, 4) is 17.2 Å². The zero-order valence-corrected chi connectivity index (χ0v) is 13.1. The molecular weight excluding hydrogens is 280 g/mol. The number of aryl methyl sites for hydroxylation is 2. The van der Waals surface area contributed by atoms with E-state index in [-0.39, 0.29) is 0 Å². The predicted molar refractivity (Wildman–Crippen MR) is 85.3 cm³/mol. The number of benzene rings is 2. The van der Waals surface area contributed by atoms with Crippen LogP contribution in [-0.2, 0) is 0 Å². The fraction of sp³-hybridized carbons (Fsp3) is 0.278. The van der Waals surface area contributed by atoms with E-state index < -0.39 is 0 Å². The maximum absolute atomic E-state index is 10.8. The molecule has 0 saturated heterocycles. The van der Waals surface area contributed by atoms with Crippen LogP contribution >= 0.6 is 0 Å². The van der Waals surface area contributed by atoms with E-state index in [1.165, 1.54) is 0 Å². The molecule has 2 rings (SSSR count). The summed E-state index contributed by atoms with van der Waals surface area (Å²) in [5.41, 5.74) is 2.74. The maximum Gasteiger partial charge on any atom is 0.162 e. The maximum atomic E-state index is 10.8. The summed E-state index contributed by atoms with van der Waals surface area (Å²) in [6.45, 7) is 4.81. The minimum Gasteiger partial charge on any atom is -0.493 e. The summed E-state index contributed by atoms with van der Waals surface area (Å²) in [6.07, 6.45) is 0.777. The van der Waals surface area contributed by atoms with E-state index >= 15 is 0 Å². The molecule has 116 valence electrons. The lowest BCUT2D eigenvalue weighted by Gasteiger charge is -2.14. The van der Waals surface area contributed by atoms with Crippen molar-refractivity contribution in [3.05, 3.63) is 53.1 Å². The Morgan fingerprint density at radius 3 is 2.27 bits per heavy atom. The molecule has 0 radical (unpaired) electrons. The number of methoxy groups -OCH3 is 1. The molecule has 4 nitrogen and oxygen atoms in total. The number of hydrogen-bond acceptors (Lipinski definition) is 4.